The number of benzene rings is 1. The summed E-state index contributed by atoms with van der Waals surface area (Å²) in [5, 5.41) is 8.81. The van der Waals surface area contributed by atoms with Crippen LogP contribution in [0.2, 0.25) is 0 Å². The Morgan fingerprint density at radius 2 is 2.00 bits per heavy atom. The topological polar surface area (TPSA) is 57.6 Å². The monoisotopic (exact) mass is 389 g/mol. The van der Waals surface area contributed by atoms with Crippen LogP contribution in [0.5, 0.6) is 0 Å². The molecule has 20 heavy (non-hydrogen) atoms. The summed E-state index contributed by atoms with van der Waals surface area (Å²) in [6.45, 7) is 6.76. The van der Waals surface area contributed by atoms with E-state index in [4.69, 9.17) is 5.11 Å². The van der Waals surface area contributed by atoms with E-state index in [0.717, 1.165) is 9.13 Å². The first-order valence-electron chi connectivity index (χ1n) is 6.59. The maximum atomic E-state index is 12.6. The predicted octanol–water partition coefficient (Wildman–Crippen LogP) is 3.17. The standard InChI is InChI=1S/C15H20INO3/c1-10(2)9-17(8-7-14(18)19)15(20)12-5-4-6-13(16)11(12)3/h4-6,10H,7-9H2,1-3H3,(H,18,19). The van der Waals surface area contributed by atoms with Gasteiger partial charge in [0.2, 0.25) is 0 Å². The summed E-state index contributed by atoms with van der Waals surface area (Å²) in [7, 11) is 0. The van der Waals surface area contributed by atoms with E-state index in [-0.39, 0.29) is 18.9 Å². The lowest BCUT2D eigenvalue weighted by molar-refractivity contribution is -0.137. The maximum absolute atomic E-state index is 12.6. The molecule has 4 nitrogen and oxygen atoms in total. The van der Waals surface area contributed by atoms with Gasteiger partial charge in [-0.2, -0.15) is 0 Å². The van der Waals surface area contributed by atoms with Crippen LogP contribution in [0, 0.1) is 16.4 Å². The van der Waals surface area contributed by atoms with Gasteiger partial charge in [0, 0.05) is 22.2 Å². The molecular formula is C15H20INO3. The molecule has 0 saturated carbocycles. The largest absolute Gasteiger partial charge is 0.481 e. The van der Waals surface area contributed by atoms with Crippen LogP contribution in [0.15, 0.2) is 18.2 Å². The van der Waals surface area contributed by atoms with Crippen molar-refractivity contribution in [3.05, 3.63) is 32.9 Å². The van der Waals surface area contributed by atoms with Crippen molar-refractivity contribution in [1.82, 2.24) is 4.90 Å². The second-order valence-corrected chi connectivity index (χ2v) is 6.36. The molecule has 1 N–H and O–H groups in total. The lowest BCUT2D eigenvalue weighted by atomic mass is 10.1. The van der Waals surface area contributed by atoms with Crippen LogP contribution < -0.4 is 0 Å². The Labute approximate surface area is 133 Å². The minimum absolute atomic E-state index is 0.0264. The fourth-order valence-corrected chi connectivity index (χ4v) is 2.45. The van der Waals surface area contributed by atoms with Crippen molar-refractivity contribution in [3.8, 4) is 0 Å². The highest BCUT2D eigenvalue weighted by molar-refractivity contribution is 14.1. The smallest absolute Gasteiger partial charge is 0.305 e. The molecular weight excluding hydrogens is 369 g/mol. The summed E-state index contributed by atoms with van der Waals surface area (Å²) in [6, 6.07) is 5.61. The minimum atomic E-state index is -0.883. The van der Waals surface area contributed by atoms with Crippen molar-refractivity contribution in [2.24, 2.45) is 5.92 Å². The zero-order valence-electron chi connectivity index (χ0n) is 12.0. The normalized spacial score (nSPS) is 10.7. The Morgan fingerprint density at radius 1 is 1.35 bits per heavy atom. The fourth-order valence-electron chi connectivity index (χ4n) is 1.96. The zero-order valence-corrected chi connectivity index (χ0v) is 14.2. The van der Waals surface area contributed by atoms with Gasteiger partial charge in [0.05, 0.1) is 6.42 Å². The Morgan fingerprint density at radius 3 is 2.55 bits per heavy atom. The Bertz CT molecular complexity index is 500. The number of rotatable bonds is 6. The van der Waals surface area contributed by atoms with Crippen LogP contribution >= 0.6 is 22.6 Å². The highest BCUT2D eigenvalue weighted by atomic mass is 127. The number of nitrogens with zero attached hydrogens (tertiary/aromatic N) is 1. The third-order valence-electron chi connectivity index (χ3n) is 2.97. The van der Waals surface area contributed by atoms with E-state index in [1.807, 2.05) is 32.9 Å². The van der Waals surface area contributed by atoms with E-state index >= 15 is 0 Å². The molecule has 1 aromatic rings. The molecule has 0 atom stereocenters. The van der Waals surface area contributed by atoms with Gasteiger partial charge < -0.3 is 10.0 Å². The quantitative estimate of drug-likeness (QED) is 0.761. The first-order chi connectivity index (χ1) is 9.32. The summed E-state index contributed by atoms with van der Waals surface area (Å²) in [5.41, 5.74) is 1.60. The van der Waals surface area contributed by atoms with Gasteiger partial charge in [-0.15, -0.1) is 0 Å². The Hall–Kier alpha value is -1.11. The van der Waals surface area contributed by atoms with E-state index in [9.17, 15) is 9.59 Å². The summed E-state index contributed by atoms with van der Waals surface area (Å²) >= 11 is 2.20. The Balaban J connectivity index is 2.96. The average molecular weight is 389 g/mol. The number of carbonyl (C=O) groups is 2. The minimum Gasteiger partial charge on any atom is -0.481 e. The van der Waals surface area contributed by atoms with E-state index < -0.39 is 5.97 Å². The van der Waals surface area contributed by atoms with Crippen molar-refractivity contribution in [2.75, 3.05) is 13.1 Å². The van der Waals surface area contributed by atoms with Crippen LogP contribution in [0.25, 0.3) is 0 Å². The number of halogens is 1. The summed E-state index contributed by atoms with van der Waals surface area (Å²) in [5.74, 6) is -0.669. The van der Waals surface area contributed by atoms with Gasteiger partial charge in [0.15, 0.2) is 0 Å². The molecule has 0 radical (unpaired) electrons. The highest BCUT2D eigenvalue weighted by Gasteiger charge is 2.20. The molecule has 0 aliphatic rings. The number of carbonyl (C=O) groups excluding carboxylic acids is 1. The van der Waals surface area contributed by atoms with Gasteiger partial charge in [0.25, 0.3) is 5.91 Å². The van der Waals surface area contributed by atoms with Crippen LogP contribution in [0.3, 0.4) is 0 Å². The first-order valence-corrected chi connectivity index (χ1v) is 7.67. The molecule has 110 valence electrons. The van der Waals surface area contributed by atoms with Crippen LogP contribution in [-0.2, 0) is 4.79 Å². The third kappa shape index (κ3) is 4.77. The van der Waals surface area contributed by atoms with Gasteiger partial charge in [0.1, 0.15) is 0 Å². The van der Waals surface area contributed by atoms with Crippen molar-refractivity contribution < 1.29 is 14.7 Å². The van der Waals surface area contributed by atoms with Gasteiger partial charge in [-0.05, 0) is 53.1 Å². The van der Waals surface area contributed by atoms with Crippen molar-refractivity contribution >= 4 is 34.5 Å². The molecule has 0 aliphatic carbocycles. The van der Waals surface area contributed by atoms with Gasteiger partial charge in [-0.25, -0.2) is 0 Å². The molecule has 1 amide bonds. The van der Waals surface area contributed by atoms with Crippen LogP contribution in [0.1, 0.15) is 36.2 Å². The lowest BCUT2D eigenvalue weighted by Gasteiger charge is -2.25. The molecule has 5 heteroatoms. The maximum Gasteiger partial charge on any atom is 0.305 e. The average Bonchev–Trinajstić information content (AvgIpc) is 2.36. The molecule has 1 rings (SSSR count). The van der Waals surface area contributed by atoms with Crippen molar-refractivity contribution in [3.63, 3.8) is 0 Å². The lowest BCUT2D eigenvalue weighted by Crippen LogP contribution is -2.36. The Kier molecular flexibility index (Phi) is 6.45. The number of amides is 1. The first kappa shape index (κ1) is 16.9. The number of carboxylic acids is 1. The van der Waals surface area contributed by atoms with E-state index in [1.54, 1.807) is 11.0 Å². The summed E-state index contributed by atoms with van der Waals surface area (Å²) in [6.07, 6.45) is -0.0264. The molecule has 0 aromatic heterocycles. The van der Waals surface area contributed by atoms with E-state index in [1.165, 1.54) is 0 Å². The SMILES string of the molecule is Cc1c(I)cccc1C(=O)N(CCC(=O)O)CC(C)C. The second-order valence-electron chi connectivity index (χ2n) is 5.20. The van der Waals surface area contributed by atoms with Crippen LogP contribution in [-0.4, -0.2) is 35.0 Å². The molecule has 0 heterocycles. The zero-order chi connectivity index (χ0) is 15.3. The summed E-state index contributed by atoms with van der Waals surface area (Å²) < 4.78 is 1.04. The number of carboxylic acid groups (broad SMARTS) is 1. The van der Waals surface area contributed by atoms with Crippen LogP contribution in [0.4, 0.5) is 0 Å². The number of hydrogen-bond donors (Lipinski definition) is 1. The molecule has 0 saturated heterocycles. The number of hydrogen-bond acceptors (Lipinski definition) is 2. The van der Waals surface area contributed by atoms with Gasteiger partial charge in [-0.1, -0.05) is 19.9 Å². The number of aliphatic carboxylic acids is 1. The molecule has 0 fully saturated rings. The second kappa shape index (κ2) is 7.61. The predicted molar refractivity (Wildman–Crippen MR) is 86.9 cm³/mol. The molecule has 0 spiro atoms. The van der Waals surface area contributed by atoms with Crippen molar-refractivity contribution in [1.29, 1.82) is 0 Å². The molecule has 0 bridgehead atoms. The van der Waals surface area contributed by atoms with E-state index in [0.29, 0.717) is 18.0 Å². The molecule has 0 unspecified atom stereocenters. The van der Waals surface area contributed by atoms with Gasteiger partial charge in [-0.3, -0.25) is 9.59 Å². The molecule has 1 aromatic carbocycles. The third-order valence-corrected chi connectivity index (χ3v) is 4.14. The van der Waals surface area contributed by atoms with Crippen molar-refractivity contribution in [2.45, 2.75) is 27.2 Å². The van der Waals surface area contributed by atoms with E-state index in [2.05, 4.69) is 22.6 Å². The highest BCUT2D eigenvalue weighted by Crippen LogP contribution is 2.18. The summed E-state index contributed by atoms with van der Waals surface area (Å²) in [4.78, 5) is 25.0. The van der Waals surface area contributed by atoms with Gasteiger partial charge >= 0.3 is 5.97 Å². The fraction of sp³-hybridized carbons (Fsp3) is 0.467. The molecule has 0 aliphatic heterocycles.